The fourth-order valence-electron chi connectivity index (χ4n) is 16.0. The Morgan fingerprint density at radius 1 is 0.451 bits per heavy atom. The van der Waals surface area contributed by atoms with Gasteiger partial charge < -0.3 is 87.0 Å². The van der Waals surface area contributed by atoms with Crippen LogP contribution in [0.4, 0.5) is 26.3 Å². The second-order valence-corrected chi connectivity index (χ2v) is 38.2. The number of pyridine rings is 3. The Labute approximate surface area is 770 Å². The lowest BCUT2D eigenvalue weighted by atomic mass is 10.0. The van der Waals surface area contributed by atoms with Crippen molar-refractivity contribution in [3.8, 4) is 17.2 Å². The molecule has 6 aliphatic heterocycles. The minimum Gasteiger partial charge on any atom is -0.502 e. The van der Waals surface area contributed by atoms with Gasteiger partial charge in [0.15, 0.2) is 51.3 Å². The van der Waals surface area contributed by atoms with Crippen molar-refractivity contribution >= 4 is 68.3 Å². The highest BCUT2D eigenvalue weighted by atomic mass is 79.9. The van der Waals surface area contributed by atoms with E-state index in [0.717, 1.165) is 36.0 Å². The monoisotopic (exact) mass is 1980 g/mol. The molecule has 3 aromatic heterocycles. The summed E-state index contributed by atoms with van der Waals surface area (Å²) in [5.74, 6) is -9.37. The molecular weight excluding hydrogens is 1880 g/mol. The van der Waals surface area contributed by atoms with Crippen molar-refractivity contribution in [2.24, 2.45) is 5.73 Å². The van der Waals surface area contributed by atoms with Gasteiger partial charge in [-0.15, -0.1) is 0 Å². The molecule has 5 amide bonds. The SMILES string of the molecule is CCOP(=O)(CCN1C(=O)c2c(O)c(=O)c(C(=O)NCc3ccc(F)cc3F)cn2N(C)C12CCOC2)OCC.CCOP(=O)(CCN1C(=O)c2c(OCc3ccccc3)c(=O)c(Br)cn2N(C)C12CCOC2)OCC.CCOP(=O)(CCN1C(=O)c2c(OCc3ccccc3)c(=O)c(C(=O)NCc3ccc(F)cc3F)cn2N(C)C12CCOC2)OCC.NCc1ccc(F)cc1F. The maximum absolute atomic E-state index is 14.5. The molecule has 3 saturated heterocycles. The van der Waals surface area contributed by atoms with E-state index in [-0.39, 0.29) is 174 Å². The van der Waals surface area contributed by atoms with Gasteiger partial charge in [0.05, 0.1) is 102 Å². The van der Waals surface area contributed by atoms with Crippen molar-refractivity contribution < 1.29 is 120 Å². The fourth-order valence-corrected chi connectivity index (χ4v) is 21.1. The average molecular weight is 1990 g/mol. The first-order chi connectivity index (χ1) is 63.5. The smallest absolute Gasteiger partial charge is 0.332 e. The van der Waals surface area contributed by atoms with Crippen molar-refractivity contribution in [3.63, 3.8) is 0 Å². The first kappa shape index (κ1) is 103. The second-order valence-electron chi connectivity index (χ2n) is 30.8. The molecule has 0 radical (unpaired) electrons. The van der Waals surface area contributed by atoms with Crippen LogP contribution >= 0.6 is 38.7 Å². The summed E-state index contributed by atoms with van der Waals surface area (Å²) in [6, 6.07) is 27.5. The van der Waals surface area contributed by atoms with Crippen molar-refractivity contribution in [2.75, 3.05) is 154 Å². The molecule has 3 unspecified atom stereocenters. The molecule has 6 aliphatic rings. The summed E-state index contributed by atoms with van der Waals surface area (Å²) in [6.07, 6.45) is 4.93. The minimum atomic E-state index is -3.56. The zero-order valence-corrected chi connectivity index (χ0v) is 78.9. The van der Waals surface area contributed by atoms with Gasteiger partial charge in [-0.1, -0.05) is 78.9 Å². The number of hydrogen-bond donors (Lipinski definition) is 4. The third kappa shape index (κ3) is 22.8. The van der Waals surface area contributed by atoms with Crippen LogP contribution in [0.25, 0.3) is 0 Å². The number of rotatable bonds is 34. The lowest BCUT2D eigenvalue weighted by molar-refractivity contribution is 0.0234. The van der Waals surface area contributed by atoms with Gasteiger partial charge in [-0.3, -0.25) is 81.1 Å². The van der Waals surface area contributed by atoms with Crippen LogP contribution in [-0.4, -0.2) is 219 Å². The number of likely N-dealkylation sites (N-methyl/N-ethyl adjacent to an activating group) is 3. The molecule has 133 heavy (non-hydrogen) atoms. The van der Waals surface area contributed by atoms with E-state index in [0.29, 0.717) is 62.3 Å². The zero-order chi connectivity index (χ0) is 96.5. The molecule has 45 heteroatoms. The number of benzene rings is 5. The zero-order valence-electron chi connectivity index (χ0n) is 74.6. The van der Waals surface area contributed by atoms with E-state index in [2.05, 4.69) is 26.6 Å². The molecule has 0 aliphatic carbocycles. The predicted octanol–water partition coefficient (Wildman–Crippen LogP) is 11.2. The molecule has 0 saturated carbocycles. The van der Waals surface area contributed by atoms with Crippen LogP contribution < -0.4 is 57.2 Å². The molecule has 8 aromatic rings. The molecule has 720 valence electrons. The summed E-state index contributed by atoms with van der Waals surface area (Å²) in [7, 11) is -5.40. The fraction of sp³-hybridized carbons (Fsp3) is 0.432. The Bertz CT molecular complexity index is 5850. The van der Waals surface area contributed by atoms with Crippen LogP contribution in [0.3, 0.4) is 0 Å². The highest BCUT2D eigenvalue weighted by Crippen LogP contribution is 2.52. The quantitative estimate of drug-likeness (QED) is 0.0215. The highest BCUT2D eigenvalue weighted by Gasteiger charge is 2.57. The number of halogens is 7. The van der Waals surface area contributed by atoms with Gasteiger partial charge in [-0.05, 0) is 86.8 Å². The van der Waals surface area contributed by atoms with E-state index in [1.807, 2.05) is 48.5 Å². The lowest BCUT2D eigenvalue weighted by Gasteiger charge is -2.52. The maximum atomic E-state index is 14.5. The Morgan fingerprint density at radius 3 is 1.09 bits per heavy atom. The van der Waals surface area contributed by atoms with Crippen LogP contribution in [0.1, 0.15) is 141 Å². The van der Waals surface area contributed by atoms with Crippen molar-refractivity contribution in [3.05, 3.63) is 260 Å². The number of carbonyl (C=O) groups is 5. The summed E-state index contributed by atoms with van der Waals surface area (Å²) < 4.78 is 186. The first-order valence-electron chi connectivity index (χ1n) is 42.7. The van der Waals surface area contributed by atoms with Crippen LogP contribution in [-0.2, 0) is 87.9 Å². The molecule has 35 nitrogen and oxygen atoms in total. The Kier molecular flexibility index (Phi) is 35.0. The number of nitrogens with one attached hydrogen (secondary N) is 2. The second kappa shape index (κ2) is 45.2. The molecule has 0 bridgehead atoms. The number of aromatic hydroxyl groups is 1. The lowest BCUT2D eigenvalue weighted by Crippen LogP contribution is -2.70. The highest BCUT2D eigenvalue weighted by molar-refractivity contribution is 9.10. The van der Waals surface area contributed by atoms with Gasteiger partial charge in [0, 0.05) is 133 Å². The molecule has 14 rings (SSSR count). The Hall–Kier alpha value is -10.6. The average Bonchev–Trinajstić information content (AvgIpc) is 1.72. The van der Waals surface area contributed by atoms with Crippen molar-refractivity contribution in [1.82, 2.24) is 39.4 Å². The standard InChI is InChI=1S/C32H37F2N4O8P.C25H31F2N4O8P.C24H31BrN3O7P.C7H7F2N/c1-4-45-47(42,46-5-2)16-14-37-31(41)27-29(44-20-22-9-7-6-8-10-22)28(39)25(19-38(27)36(3)32(37)13-15-43-21-32)30(40)35-18-23-11-12-24(33)17-26(23)34;1-4-38-40(36,39-5-2)11-9-30-24(35)20-22(33)21(32)18(14-31(20)29(3)25(30)8-10-37-15-25)23(34)28-13-16-6-7-17(26)12-19(16)27;1-4-34-36(31,35-5-2)14-12-27-23(30)20-22(33-16-18-9-7-6-8-10-18)21(29)19(25)15-28(20)26(3)24(27)11-13-32-17-24;8-6-2-1-5(4-10)7(9)3-6/h6-12,17,19H,4-5,13-16,18,20-21H2,1-3H3,(H,35,40);6-7,12,14,33H,4-5,8-11,13,15H2,1-3H3,(H,28,34);6-10,15H,4-5,11-14,16-17H2,1-3H3;1-3H,4,10H2. The molecule has 3 spiro atoms. The molecule has 5 N–H and O–H groups in total. The predicted molar refractivity (Wildman–Crippen MR) is 480 cm³/mol. The summed E-state index contributed by atoms with van der Waals surface area (Å²) in [5, 5.41) is 20.9. The Balaban J connectivity index is 0.000000183. The van der Waals surface area contributed by atoms with Crippen molar-refractivity contribution in [2.45, 2.75) is 111 Å². The van der Waals surface area contributed by atoms with Gasteiger partial charge in [0.25, 0.3) is 29.5 Å². The van der Waals surface area contributed by atoms with Crippen LogP contribution in [0, 0.1) is 34.9 Å². The van der Waals surface area contributed by atoms with E-state index in [9.17, 15) is 83.5 Å². The third-order valence-electron chi connectivity index (χ3n) is 22.8. The van der Waals surface area contributed by atoms with Gasteiger partial charge in [-0.2, -0.15) is 0 Å². The summed E-state index contributed by atoms with van der Waals surface area (Å²) in [4.78, 5) is 113. The van der Waals surface area contributed by atoms with E-state index in [4.69, 9.17) is 56.6 Å². The number of hydrogen-bond acceptors (Lipinski definition) is 27. The Morgan fingerprint density at radius 2 is 0.767 bits per heavy atom. The number of nitrogens with two attached hydrogens (primary N) is 1. The molecule has 5 aromatic carbocycles. The van der Waals surface area contributed by atoms with Crippen molar-refractivity contribution in [1.29, 1.82) is 0 Å². The number of fused-ring (bicyclic) bond motifs is 3. The molecule has 9 heterocycles. The maximum Gasteiger partial charge on any atom is 0.332 e. The van der Waals surface area contributed by atoms with E-state index in [1.165, 1.54) is 43.5 Å². The number of amides is 5. The topological polar surface area (TPSA) is 394 Å². The number of carbonyl (C=O) groups excluding carboxylic acids is 5. The number of nitrogens with zero attached hydrogens (tertiary/aromatic N) is 9. The number of ether oxygens (including phenoxy) is 5. The van der Waals surface area contributed by atoms with Crippen LogP contribution in [0.2, 0.25) is 0 Å². The van der Waals surface area contributed by atoms with Crippen LogP contribution in [0.5, 0.6) is 17.2 Å². The third-order valence-corrected chi connectivity index (χ3v) is 29.5. The van der Waals surface area contributed by atoms with Gasteiger partial charge in [-0.25, -0.2) is 26.3 Å². The van der Waals surface area contributed by atoms with Crippen LogP contribution in [0.15, 0.2) is 153 Å². The normalized spacial score (nSPS) is 18.0. The summed E-state index contributed by atoms with van der Waals surface area (Å²) in [6.45, 7) is 12.1. The minimum absolute atomic E-state index is 0.0109. The molecular formula is C88H106BrF6N12O23P3. The summed E-state index contributed by atoms with van der Waals surface area (Å²) >= 11 is 3.34. The molecule has 3 fully saturated rings. The van der Waals surface area contributed by atoms with Gasteiger partial charge in [0.2, 0.25) is 16.3 Å². The van der Waals surface area contributed by atoms with Gasteiger partial charge in [0.1, 0.15) is 59.2 Å². The molecule has 3 atom stereocenters. The number of aromatic nitrogens is 3. The van der Waals surface area contributed by atoms with E-state index < -0.39 is 138 Å². The van der Waals surface area contributed by atoms with E-state index >= 15 is 0 Å². The van der Waals surface area contributed by atoms with Gasteiger partial charge >= 0.3 is 22.8 Å². The summed E-state index contributed by atoms with van der Waals surface area (Å²) in [5.41, 5.74) is 0.326. The first-order valence-corrected chi connectivity index (χ1v) is 48.7. The van der Waals surface area contributed by atoms with E-state index in [1.54, 1.807) is 106 Å². The largest absolute Gasteiger partial charge is 0.502 e.